The van der Waals surface area contributed by atoms with Gasteiger partial charge in [0, 0.05) is 18.7 Å². The number of ether oxygens (including phenoxy) is 2. The fourth-order valence-electron chi connectivity index (χ4n) is 3.73. The Morgan fingerprint density at radius 2 is 2.14 bits per heavy atom. The third-order valence-corrected chi connectivity index (χ3v) is 5.17. The lowest BCUT2D eigenvalue weighted by Gasteiger charge is -2.13. The number of amides is 1. The van der Waals surface area contributed by atoms with Crippen LogP contribution in [0.2, 0.25) is 0 Å². The zero-order chi connectivity index (χ0) is 19.7. The maximum absolute atomic E-state index is 12.5. The molecule has 1 atom stereocenters. The number of benzene rings is 2. The number of nitrogens with one attached hydrogen (secondary N) is 1. The second kappa shape index (κ2) is 7.64. The van der Waals surface area contributed by atoms with Gasteiger partial charge in [0.2, 0.25) is 0 Å². The third kappa shape index (κ3) is 3.47. The van der Waals surface area contributed by atoms with Crippen LogP contribution in [-0.2, 0) is 4.74 Å². The van der Waals surface area contributed by atoms with Gasteiger partial charge in [0.1, 0.15) is 11.6 Å². The maximum atomic E-state index is 12.5. The molecular weight excluding hydrogens is 354 g/mol. The Bertz CT molecular complexity index is 1020. The van der Waals surface area contributed by atoms with E-state index in [1.807, 2.05) is 44.2 Å². The molecule has 1 saturated heterocycles. The molecule has 2 heterocycles. The summed E-state index contributed by atoms with van der Waals surface area (Å²) in [6.45, 7) is 5.34. The largest absolute Gasteiger partial charge is 0.495 e. The van der Waals surface area contributed by atoms with E-state index in [4.69, 9.17) is 9.47 Å². The fourth-order valence-corrected chi connectivity index (χ4v) is 3.73. The summed E-state index contributed by atoms with van der Waals surface area (Å²) in [6.07, 6.45) is 2.19. The minimum atomic E-state index is -0.0993. The molecule has 1 aliphatic rings. The molecule has 1 N–H and O–H groups in total. The molecule has 1 fully saturated rings. The molecule has 0 bridgehead atoms. The Hall–Kier alpha value is -2.86. The molecule has 6 heteroatoms. The summed E-state index contributed by atoms with van der Waals surface area (Å²) in [5.74, 6) is 1.53. The number of methoxy groups -OCH3 is 1. The predicted octanol–water partition coefficient (Wildman–Crippen LogP) is 3.56. The Balaban J connectivity index is 1.65. The van der Waals surface area contributed by atoms with Gasteiger partial charge in [-0.3, -0.25) is 9.36 Å². The van der Waals surface area contributed by atoms with Crippen molar-refractivity contribution in [3.8, 4) is 11.4 Å². The van der Waals surface area contributed by atoms with Gasteiger partial charge >= 0.3 is 0 Å². The summed E-state index contributed by atoms with van der Waals surface area (Å²) in [7, 11) is 1.67. The van der Waals surface area contributed by atoms with E-state index < -0.39 is 0 Å². The topological polar surface area (TPSA) is 65.4 Å². The Morgan fingerprint density at radius 1 is 1.29 bits per heavy atom. The highest BCUT2D eigenvalue weighted by atomic mass is 16.5. The molecule has 1 aliphatic heterocycles. The number of aryl methyl sites for hydroxylation is 2. The number of nitrogens with zero attached hydrogens (tertiary/aromatic N) is 2. The van der Waals surface area contributed by atoms with E-state index in [9.17, 15) is 4.79 Å². The van der Waals surface area contributed by atoms with Crippen molar-refractivity contribution in [2.45, 2.75) is 32.8 Å². The van der Waals surface area contributed by atoms with Crippen molar-refractivity contribution < 1.29 is 14.3 Å². The first-order valence-corrected chi connectivity index (χ1v) is 9.61. The van der Waals surface area contributed by atoms with E-state index in [1.165, 1.54) is 0 Å². The number of hydrogen-bond acceptors (Lipinski definition) is 4. The normalized spacial score (nSPS) is 16.5. The molecule has 0 unspecified atom stereocenters. The number of imidazole rings is 1. The minimum absolute atomic E-state index is 0.0993. The lowest BCUT2D eigenvalue weighted by atomic mass is 10.1. The van der Waals surface area contributed by atoms with Crippen molar-refractivity contribution in [1.82, 2.24) is 14.9 Å². The second-order valence-corrected chi connectivity index (χ2v) is 7.22. The molecular formula is C22H25N3O3. The number of aromatic nitrogens is 2. The van der Waals surface area contributed by atoms with Gasteiger partial charge < -0.3 is 14.8 Å². The molecule has 0 aliphatic carbocycles. The monoisotopic (exact) mass is 379 g/mol. The smallest absolute Gasteiger partial charge is 0.251 e. The lowest BCUT2D eigenvalue weighted by molar-refractivity contribution is 0.0858. The molecule has 2 aromatic carbocycles. The van der Waals surface area contributed by atoms with Gasteiger partial charge in [0.15, 0.2) is 0 Å². The van der Waals surface area contributed by atoms with Crippen molar-refractivity contribution >= 4 is 16.9 Å². The zero-order valence-corrected chi connectivity index (χ0v) is 16.5. The average molecular weight is 379 g/mol. The van der Waals surface area contributed by atoms with E-state index >= 15 is 0 Å². The van der Waals surface area contributed by atoms with E-state index in [2.05, 4.69) is 20.9 Å². The number of carbonyl (C=O) groups excluding carboxylic acids is 1. The van der Waals surface area contributed by atoms with E-state index in [0.717, 1.165) is 53.3 Å². The van der Waals surface area contributed by atoms with Gasteiger partial charge in [-0.15, -0.1) is 0 Å². The van der Waals surface area contributed by atoms with E-state index in [0.29, 0.717) is 12.1 Å². The number of hydrogen-bond donors (Lipinski definition) is 1. The summed E-state index contributed by atoms with van der Waals surface area (Å²) in [5.41, 5.74) is 4.41. The first kappa shape index (κ1) is 18.5. The minimum Gasteiger partial charge on any atom is -0.495 e. The maximum Gasteiger partial charge on any atom is 0.251 e. The lowest BCUT2D eigenvalue weighted by Crippen LogP contribution is -2.31. The molecule has 0 saturated carbocycles. The Kier molecular flexibility index (Phi) is 5.05. The first-order valence-electron chi connectivity index (χ1n) is 9.61. The van der Waals surface area contributed by atoms with Crippen LogP contribution in [-0.4, -0.2) is 41.8 Å². The van der Waals surface area contributed by atoms with Crippen LogP contribution in [0, 0.1) is 13.8 Å². The van der Waals surface area contributed by atoms with Crippen LogP contribution in [0.3, 0.4) is 0 Å². The van der Waals surface area contributed by atoms with Crippen LogP contribution < -0.4 is 10.1 Å². The van der Waals surface area contributed by atoms with Crippen LogP contribution in [0.5, 0.6) is 5.75 Å². The van der Waals surface area contributed by atoms with Gasteiger partial charge in [-0.25, -0.2) is 4.98 Å². The zero-order valence-electron chi connectivity index (χ0n) is 16.5. The molecule has 0 radical (unpaired) electrons. The van der Waals surface area contributed by atoms with Gasteiger partial charge in [-0.05, 0) is 62.6 Å². The standard InChI is InChI=1S/C22H25N3O3/c1-14-6-9-21(27-3)20(11-14)25-15(2)24-18-12-16(7-8-19(18)25)22(26)23-13-17-5-4-10-28-17/h6-9,11-12,17H,4-5,10,13H2,1-3H3,(H,23,26)/t17-/m1/s1. The Morgan fingerprint density at radius 3 is 2.89 bits per heavy atom. The van der Waals surface area contributed by atoms with Crippen molar-refractivity contribution in [1.29, 1.82) is 0 Å². The molecule has 146 valence electrons. The Labute approximate surface area is 164 Å². The SMILES string of the molecule is COc1ccc(C)cc1-n1c(C)nc2cc(C(=O)NC[C@H]3CCCO3)ccc21. The molecule has 0 spiro atoms. The summed E-state index contributed by atoms with van der Waals surface area (Å²) >= 11 is 0. The highest BCUT2D eigenvalue weighted by Crippen LogP contribution is 2.29. The highest BCUT2D eigenvalue weighted by molar-refractivity contribution is 5.97. The van der Waals surface area contributed by atoms with Crippen molar-refractivity contribution in [3.63, 3.8) is 0 Å². The van der Waals surface area contributed by atoms with Crippen LogP contribution in [0.1, 0.15) is 34.6 Å². The average Bonchev–Trinajstić information content (AvgIpc) is 3.32. The molecule has 1 aromatic heterocycles. The summed E-state index contributed by atoms with van der Waals surface area (Å²) in [6, 6.07) is 11.7. The van der Waals surface area contributed by atoms with Crippen molar-refractivity contribution in [2.75, 3.05) is 20.3 Å². The van der Waals surface area contributed by atoms with Gasteiger partial charge in [0.25, 0.3) is 5.91 Å². The predicted molar refractivity (Wildman–Crippen MR) is 108 cm³/mol. The van der Waals surface area contributed by atoms with Crippen LogP contribution in [0.4, 0.5) is 0 Å². The number of fused-ring (bicyclic) bond motifs is 1. The van der Waals surface area contributed by atoms with Crippen LogP contribution >= 0.6 is 0 Å². The van der Waals surface area contributed by atoms with Gasteiger partial charge in [-0.1, -0.05) is 6.07 Å². The molecule has 1 amide bonds. The quantitative estimate of drug-likeness (QED) is 0.736. The number of carbonyl (C=O) groups is 1. The first-order chi connectivity index (χ1) is 13.6. The van der Waals surface area contributed by atoms with E-state index in [1.54, 1.807) is 7.11 Å². The molecule has 6 nitrogen and oxygen atoms in total. The van der Waals surface area contributed by atoms with Crippen LogP contribution in [0.25, 0.3) is 16.7 Å². The van der Waals surface area contributed by atoms with Crippen molar-refractivity contribution in [3.05, 3.63) is 53.3 Å². The summed E-state index contributed by atoms with van der Waals surface area (Å²) in [4.78, 5) is 17.2. The van der Waals surface area contributed by atoms with E-state index in [-0.39, 0.29) is 12.0 Å². The summed E-state index contributed by atoms with van der Waals surface area (Å²) in [5, 5.41) is 2.97. The summed E-state index contributed by atoms with van der Waals surface area (Å²) < 4.78 is 13.2. The number of rotatable bonds is 5. The van der Waals surface area contributed by atoms with Gasteiger partial charge in [0.05, 0.1) is 29.9 Å². The highest BCUT2D eigenvalue weighted by Gasteiger charge is 2.18. The molecule has 3 aromatic rings. The van der Waals surface area contributed by atoms with Gasteiger partial charge in [-0.2, -0.15) is 0 Å². The van der Waals surface area contributed by atoms with Crippen molar-refractivity contribution in [2.24, 2.45) is 0 Å². The fraction of sp³-hybridized carbons (Fsp3) is 0.364. The van der Waals surface area contributed by atoms with Crippen LogP contribution in [0.15, 0.2) is 36.4 Å². The molecule has 28 heavy (non-hydrogen) atoms. The molecule has 4 rings (SSSR count). The third-order valence-electron chi connectivity index (χ3n) is 5.17. The second-order valence-electron chi connectivity index (χ2n) is 7.22.